The molecule has 2 aromatic rings. The molecule has 7 heteroatoms. The molecular formula is C21H31IN4OS. The Labute approximate surface area is 189 Å². The fraction of sp³-hybridized carbons (Fsp3) is 0.476. The lowest BCUT2D eigenvalue weighted by Gasteiger charge is -2.20. The third-order valence-corrected chi connectivity index (χ3v) is 6.19. The maximum atomic E-state index is 5.35. The number of aliphatic imine (C=N–C) groups is 1. The van der Waals surface area contributed by atoms with Crippen molar-refractivity contribution in [3.8, 4) is 5.75 Å². The van der Waals surface area contributed by atoms with E-state index >= 15 is 0 Å². The molecule has 3 rings (SSSR count). The summed E-state index contributed by atoms with van der Waals surface area (Å²) < 4.78 is 5.35. The van der Waals surface area contributed by atoms with Gasteiger partial charge in [0.2, 0.25) is 0 Å². The Kier molecular flexibility index (Phi) is 9.37. The van der Waals surface area contributed by atoms with E-state index < -0.39 is 0 Å². The van der Waals surface area contributed by atoms with Gasteiger partial charge in [-0.25, -0.2) is 0 Å². The van der Waals surface area contributed by atoms with Crippen LogP contribution in [-0.4, -0.2) is 46.3 Å². The van der Waals surface area contributed by atoms with Gasteiger partial charge in [0.1, 0.15) is 5.75 Å². The Morgan fingerprint density at radius 3 is 2.89 bits per heavy atom. The Morgan fingerprint density at radius 2 is 2.18 bits per heavy atom. The van der Waals surface area contributed by atoms with Gasteiger partial charge in [-0.2, -0.15) is 0 Å². The van der Waals surface area contributed by atoms with Crippen LogP contribution in [0.25, 0.3) is 0 Å². The zero-order valence-corrected chi connectivity index (χ0v) is 20.0. The van der Waals surface area contributed by atoms with Gasteiger partial charge in [0.15, 0.2) is 5.96 Å². The summed E-state index contributed by atoms with van der Waals surface area (Å²) >= 11 is 1.81. The highest BCUT2D eigenvalue weighted by Crippen LogP contribution is 2.26. The first-order valence-corrected chi connectivity index (χ1v) is 10.4. The predicted octanol–water partition coefficient (Wildman–Crippen LogP) is 4.17. The molecule has 0 spiro atoms. The number of rotatable bonds is 7. The summed E-state index contributed by atoms with van der Waals surface area (Å²) in [6.45, 7) is 6.22. The fourth-order valence-electron chi connectivity index (χ4n) is 3.42. The van der Waals surface area contributed by atoms with Gasteiger partial charge < -0.3 is 20.3 Å². The fourth-order valence-corrected chi connectivity index (χ4v) is 4.21. The summed E-state index contributed by atoms with van der Waals surface area (Å²) in [5.41, 5.74) is 1.24. The first kappa shape index (κ1) is 22.8. The third-order valence-electron chi connectivity index (χ3n) is 5.09. The smallest absolute Gasteiger partial charge is 0.191 e. The summed E-state index contributed by atoms with van der Waals surface area (Å²) in [5.74, 6) is 2.90. The van der Waals surface area contributed by atoms with Crippen LogP contribution >= 0.6 is 35.3 Å². The molecule has 0 amide bonds. The van der Waals surface area contributed by atoms with Gasteiger partial charge in [-0.1, -0.05) is 19.1 Å². The Balaban J connectivity index is 0.00000280. The molecule has 2 atom stereocenters. The Hall–Kier alpha value is -1.48. The van der Waals surface area contributed by atoms with E-state index in [4.69, 9.17) is 4.74 Å². The number of nitrogens with zero attached hydrogens (tertiary/aromatic N) is 2. The molecule has 1 saturated heterocycles. The molecule has 1 aromatic heterocycles. The van der Waals surface area contributed by atoms with Gasteiger partial charge in [-0.05, 0) is 35.9 Å². The van der Waals surface area contributed by atoms with Crippen LogP contribution in [0.4, 0.5) is 5.69 Å². The SMILES string of the molecule is CN=C(NCC1CCN(c2cccc(OC)c2)C1)NCC(C)c1cccs1.I. The highest BCUT2D eigenvalue weighted by molar-refractivity contribution is 14.0. The molecule has 1 aliphatic rings. The molecule has 2 unspecified atom stereocenters. The van der Waals surface area contributed by atoms with E-state index in [-0.39, 0.29) is 24.0 Å². The van der Waals surface area contributed by atoms with Crippen molar-refractivity contribution < 1.29 is 4.74 Å². The van der Waals surface area contributed by atoms with E-state index in [1.807, 2.05) is 24.5 Å². The van der Waals surface area contributed by atoms with E-state index in [9.17, 15) is 0 Å². The molecule has 2 heterocycles. The van der Waals surface area contributed by atoms with E-state index in [0.717, 1.165) is 37.9 Å². The second-order valence-corrected chi connectivity index (χ2v) is 8.03. The predicted molar refractivity (Wildman–Crippen MR) is 131 cm³/mol. The quantitative estimate of drug-likeness (QED) is 0.331. The van der Waals surface area contributed by atoms with Crippen molar-refractivity contribution in [2.75, 3.05) is 45.2 Å². The van der Waals surface area contributed by atoms with Crippen LogP contribution in [0, 0.1) is 5.92 Å². The maximum absolute atomic E-state index is 5.35. The zero-order valence-electron chi connectivity index (χ0n) is 16.9. The van der Waals surface area contributed by atoms with E-state index in [1.54, 1.807) is 7.11 Å². The maximum Gasteiger partial charge on any atom is 0.191 e. The highest BCUT2D eigenvalue weighted by Gasteiger charge is 2.23. The number of hydrogen-bond donors (Lipinski definition) is 2. The molecule has 1 aromatic carbocycles. The van der Waals surface area contributed by atoms with Crippen molar-refractivity contribution in [1.82, 2.24) is 10.6 Å². The minimum atomic E-state index is 0. The van der Waals surface area contributed by atoms with Crippen molar-refractivity contribution in [3.63, 3.8) is 0 Å². The average Bonchev–Trinajstić information content (AvgIpc) is 3.40. The number of guanidine groups is 1. The Bertz CT molecular complexity index is 738. The van der Waals surface area contributed by atoms with Crippen LogP contribution in [0.15, 0.2) is 46.8 Å². The van der Waals surface area contributed by atoms with Crippen molar-refractivity contribution in [2.45, 2.75) is 19.3 Å². The van der Waals surface area contributed by atoms with E-state index in [2.05, 4.69) is 63.2 Å². The number of benzene rings is 1. The molecule has 154 valence electrons. The molecule has 0 radical (unpaired) electrons. The minimum absolute atomic E-state index is 0. The normalized spacial score (nSPS) is 17.8. The molecule has 1 fully saturated rings. The van der Waals surface area contributed by atoms with Crippen LogP contribution in [0.2, 0.25) is 0 Å². The van der Waals surface area contributed by atoms with Gasteiger partial charge in [0.25, 0.3) is 0 Å². The summed E-state index contributed by atoms with van der Waals surface area (Å²) in [4.78, 5) is 8.21. The molecule has 1 aliphatic heterocycles. The molecule has 2 N–H and O–H groups in total. The van der Waals surface area contributed by atoms with Crippen molar-refractivity contribution >= 4 is 47.0 Å². The molecule has 0 aliphatic carbocycles. The topological polar surface area (TPSA) is 48.9 Å². The lowest BCUT2D eigenvalue weighted by atomic mass is 10.1. The second kappa shape index (κ2) is 11.5. The van der Waals surface area contributed by atoms with E-state index in [1.165, 1.54) is 17.0 Å². The van der Waals surface area contributed by atoms with E-state index in [0.29, 0.717) is 11.8 Å². The Morgan fingerprint density at radius 1 is 1.32 bits per heavy atom. The third kappa shape index (κ3) is 6.27. The highest BCUT2D eigenvalue weighted by atomic mass is 127. The van der Waals surface area contributed by atoms with Crippen LogP contribution < -0.4 is 20.3 Å². The van der Waals surface area contributed by atoms with Crippen molar-refractivity contribution in [1.29, 1.82) is 0 Å². The summed E-state index contributed by atoms with van der Waals surface area (Å²) in [6.07, 6.45) is 1.19. The van der Waals surface area contributed by atoms with Crippen LogP contribution in [-0.2, 0) is 0 Å². The number of hydrogen-bond acceptors (Lipinski definition) is 4. The first-order valence-electron chi connectivity index (χ1n) is 9.56. The molecular weight excluding hydrogens is 483 g/mol. The second-order valence-electron chi connectivity index (χ2n) is 7.05. The van der Waals surface area contributed by atoms with Crippen LogP contribution in [0.3, 0.4) is 0 Å². The standard InChI is InChI=1S/C21H30N4OS.HI/c1-16(20-8-5-11-27-20)13-23-21(22-2)24-14-17-9-10-25(15-17)18-6-4-7-19(12-18)26-3;/h4-8,11-12,16-17H,9-10,13-15H2,1-3H3,(H2,22,23,24);1H. The van der Waals surface area contributed by atoms with Crippen LogP contribution in [0.1, 0.15) is 24.1 Å². The summed E-state index contributed by atoms with van der Waals surface area (Å²) in [6, 6.07) is 12.6. The molecule has 5 nitrogen and oxygen atoms in total. The number of halogens is 1. The van der Waals surface area contributed by atoms with Gasteiger partial charge >= 0.3 is 0 Å². The summed E-state index contributed by atoms with van der Waals surface area (Å²) in [7, 11) is 3.55. The number of methoxy groups -OCH3 is 1. The van der Waals surface area contributed by atoms with Gasteiger partial charge in [0.05, 0.1) is 7.11 Å². The largest absolute Gasteiger partial charge is 0.497 e. The lowest BCUT2D eigenvalue weighted by molar-refractivity contribution is 0.415. The monoisotopic (exact) mass is 514 g/mol. The van der Waals surface area contributed by atoms with Crippen molar-refractivity contribution in [3.05, 3.63) is 46.7 Å². The molecule has 0 saturated carbocycles. The van der Waals surface area contributed by atoms with Gasteiger partial charge in [0, 0.05) is 55.8 Å². The van der Waals surface area contributed by atoms with Crippen molar-refractivity contribution in [2.24, 2.45) is 10.9 Å². The number of thiophene rings is 1. The summed E-state index contributed by atoms with van der Waals surface area (Å²) in [5, 5.41) is 9.08. The number of anilines is 1. The number of nitrogens with one attached hydrogen (secondary N) is 2. The minimum Gasteiger partial charge on any atom is -0.497 e. The lowest BCUT2D eigenvalue weighted by Crippen LogP contribution is -2.41. The number of ether oxygens (including phenoxy) is 1. The van der Waals surface area contributed by atoms with Crippen LogP contribution in [0.5, 0.6) is 5.75 Å². The molecule has 0 bridgehead atoms. The molecule has 28 heavy (non-hydrogen) atoms. The van der Waals surface area contributed by atoms with Gasteiger partial charge in [-0.3, -0.25) is 4.99 Å². The average molecular weight is 514 g/mol. The first-order chi connectivity index (χ1) is 13.2. The zero-order chi connectivity index (χ0) is 19.1. The van der Waals surface area contributed by atoms with Gasteiger partial charge in [-0.15, -0.1) is 35.3 Å².